The molecular weight excluding hydrogens is 188 g/mol. The molecule has 0 amide bonds. The quantitative estimate of drug-likeness (QED) is 0.802. The van der Waals surface area contributed by atoms with Crippen LogP contribution in [0.3, 0.4) is 0 Å². The minimum Gasteiger partial charge on any atom is -0.463 e. The molecule has 1 saturated carbocycles. The van der Waals surface area contributed by atoms with E-state index < -0.39 is 0 Å². The van der Waals surface area contributed by atoms with Crippen LogP contribution < -0.4 is 5.73 Å². The minimum atomic E-state index is 0.489. The van der Waals surface area contributed by atoms with Crippen molar-refractivity contribution in [1.82, 2.24) is 4.90 Å². The van der Waals surface area contributed by atoms with Crippen molar-refractivity contribution >= 4 is 0 Å². The average molecular weight is 208 g/mol. The van der Waals surface area contributed by atoms with Crippen molar-refractivity contribution in [3.63, 3.8) is 0 Å². The molecule has 1 aliphatic rings. The highest BCUT2D eigenvalue weighted by molar-refractivity contribution is 5.06. The summed E-state index contributed by atoms with van der Waals surface area (Å²) in [6.45, 7) is 4.88. The maximum atomic E-state index is 5.57. The Morgan fingerprint density at radius 1 is 1.47 bits per heavy atom. The zero-order chi connectivity index (χ0) is 10.8. The molecule has 0 saturated heterocycles. The molecule has 0 spiro atoms. The Kier molecular flexibility index (Phi) is 3.12. The third-order valence-electron chi connectivity index (χ3n) is 3.17. The van der Waals surface area contributed by atoms with Gasteiger partial charge in [0.2, 0.25) is 0 Å². The maximum absolute atomic E-state index is 5.57. The van der Waals surface area contributed by atoms with Crippen LogP contribution >= 0.6 is 0 Å². The van der Waals surface area contributed by atoms with E-state index in [9.17, 15) is 0 Å². The molecule has 1 aromatic rings. The Morgan fingerprint density at radius 3 is 2.67 bits per heavy atom. The van der Waals surface area contributed by atoms with Gasteiger partial charge in [-0.2, -0.15) is 0 Å². The second-order valence-electron chi connectivity index (χ2n) is 4.74. The van der Waals surface area contributed by atoms with E-state index in [2.05, 4.69) is 18.9 Å². The fourth-order valence-corrected chi connectivity index (χ4v) is 2.00. The summed E-state index contributed by atoms with van der Waals surface area (Å²) in [6.07, 6.45) is 1.39. The van der Waals surface area contributed by atoms with Crippen LogP contribution in [0.15, 0.2) is 16.5 Å². The van der Waals surface area contributed by atoms with Gasteiger partial charge in [0.05, 0.1) is 13.1 Å². The molecule has 2 unspecified atom stereocenters. The zero-order valence-electron chi connectivity index (χ0n) is 9.57. The number of nitrogens with two attached hydrogens (primary N) is 1. The molecule has 0 aromatic carbocycles. The van der Waals surface area contributed by atoms with Crippen molar-refractivity contribution in [1.29, 1.82) is 0 Å². The molecule has 84 valence electrons. The first-order valence-electron chi connectivity index (χ1n) is 5.65. The van der Waals surface area contributed by atoms with E-state index in [-0.39, 0.29) is 0 Å². The van der Waals surface area contributed by atoms with E-state index >= 15 is 0 Å². The Labute approximate surface area is 91.2 Å². The van der Waals surface area contributed by atoms with Crippen LogP contribution in [0.25, 0.3) is 0 Å². The monoisotopic (exact) mass is 208 g/mol. The first-order valence-corrected chi connectivity index (χ1v) is 5.65. The van der Waals surface area contributed by atoms with Gasteiger partial charge >= 0.3 is 0 Å². The summed E-state index contributed by atoms with van der Waals surface area (Å²) < 4.78 is 5.57. The molecule has 1 aliphatic carbocycles. The first-order chi connectivity index (χ1) is 7.19. The number of rotatable bonds is 5. The van der Waals surface area contributed by atoms with Gasteiger partial charge in [-0.15, -0.1) is 0 Å². The Hall–Kier alpha value is -0.800. The standard InChI is InChI=1S/C12H20N2O/c1-9-5-10(9)7-14(2)8-12-4-3-11(6-13)15-12/h3-4,9-10H,5-8,13H2,1-2H3. The molecule has 3 heteroatoms. The summed E-state index contributed by atoms with van der Waals surface area (Å²) in [6, 6.07) is 3.98. The van der Waals surface area contributed by atoms with Crippen LogP contribution in [0, 0.1) is 11.8 Å². The maximum Gasteiger partial charge on any atom is 0.118 e. The van der Waals surface area contributed by atoms with E-state index in [4.69, 9.17) is 10.2 Å². The van der Waals surface area contributed by atoms with Crippen molar-refractivity contribution in [2.45, 2.75) is 26.4 Å². The lowest BCUT2D eigenvalue weighted by molar-refractivity contribution is 0.276. The normalized spacial score (nSPS) is 24.8. The fourth-order valence-electron chi connectivity index (χ4n) is 2.00. The van der Waals surface area contributed by atoms with E-state index in [1.54, 1.807) is 0 Å². The van der Waals surface area contributed by atoms with Gasteiger partial charge in [-0.3, -0.25) is 4.90 Å². The molecular formula is C12H20N2O. The molecule has 1 fully saturated rings. The molecule has 3 nitrogen and oxygen atoms in total. The van der Waals surface area contributed by atoms with Crippen LogP contribution in [0.1, 0.15) is 24.9 Å². The lowest BCUT2D eigenvalue weighted by atomic mass is 10.3. The van der Waals surface area contributed by atoms with Crippen molar-refractivity contribution in [3.05, 3.63) is 23.7 Å². The van der Waals surface area contributed by atoms with Crippen LogP contribution in [0.4, 0.5) is 0 Å². The molecule has 0 radical (unpaired) electrons. The minimum absolute atomic E-state index is 0.489. The SMILES string of the molecule is CC1CC1CN(C)Cc1ccc(CN)o1. The van der Waals surface area contributed by atoms with Gasteiger partial charge in [-0.1, -0.05) is 6.92 Å². The lowest BCUT2D eigenvalue weighted by Gasteiger charge is -2.14. The Morgan fingerprint density at radius 2 is 2.13 bits per heavy atom. The van der Waals surface area contributed by atoms with Gasteiger partial charge in [0.15, 0.2) is 0 Å². The van der Waals surface area contributed by atoms with Crippen molar-refractivity contribution in [2.24, 2.45) is 17.6 Å². The number of furan rings is 1. The average Bonchev–Trinajstić information content (AvgIpc) is 2.72. The van der Waals surface area contributed by atoms with Crippen LogP contribution in [0.5, 0.6) is 0 Å². The number of hydrogen-bond acceptors (Lipinski definition) is 3. The van der Waals surface area contributed by atoms with Gasteiger partial charge in [-0.25, -0.2) is 0 Å². The fraction of sp³-hybridized carbons (Fsp3) is 0.667. The summed E-state index contributed by atoms with van der Waals surface area (Å²) in [4.78, 5) is 2.33. The highest BCUT2D eigenvalue weighted by atomic mass is 16.3. The van der Waals surface area contributed by atoms with E-state index in [1.165, 1.54) is 13.0 Å². The predicted octanol–water partition coefficient (Wildman–Crippen LogP) is 1.83. The Balaban J connectivity index is 1.80. The van der Waals surface area contributed by atoms with Crippen molar-refractivity contribution in [2.75, 3.05) is 13.6 Å². The first kappa shape index (κ1) is 10.7. The summed E-state index contributed by atoms with van der Waals surface area (Å²) in [5.41, 5.74) is 5.50. The molecule has 2 N–H and O–H groups in total. The zero-order valence-corrected chi connectivity index (χ0v) is 9.57. The molecule has 1 heterocycles. The van der Waals surface area contributed by atoms with Crippen LogP contribution in [-0.4, -0.2) is 18.5 Å². The highest BCUT2D eigenvalue weighted by Crippen LogP contribution is 2.38. The van der Waals surface area contributed by atoms with E-state index in [0.29, 0.717) is 6.54 Å². The molecule has 0 bridgehead atoms. The largest absolute Gasteiger partial charge is 0.463 e. The van der Waals surface area contributed by atoms with Crippen molar-refractivity contribution < 1.29 is 4.42 Å². The number of nitrogens with zero attached hydrogens (tertiary/aromatic N) is 1. The molecule has 1 aromatic heterocycles. The molecule has 0 aliphatic heterocycles. The van der Waals surface area contributed by atoms with Crippen molar-refractivity contribution in [3.8, 4) is 0 Å². The van der Waals surface area contributed by atoms with Crippen LogP contribution in [0.2, 0.25) is 0 Å². The third kappa shape index (κ3) is 2.83. The van der Waals surface area contributed by atoms with E-state index in [0.717, 1.165) is 29.9 Å². The lowest BCUT2D eigenvalue weighted by Crippen LogP contribution is -2.20. The van der Waals surface area contributed by atoms with Gasteiger partial charge in [0, 0.05) is 6.54 Å². The molecule has 2 atom stereocenters. The summed E-state index contributed by atoms with van der Waals surface area (Å²) in [5.74, 6) is 3.71. The van der Waals surface area contributed by atoms with Gasteiger partial charge < -0.3 is 10.2 Å². The number of hydrogen-bond donors (Lipinski definition) is 1. The van der Waals surface area contributed by atoms with Gasteiger partial charge in [-0.05, 0) is 37.4 Å². The summed E-state index contributed by atoms with van der Waals surface area (Å²) >= 11 is 0. The Bertz CT molecular complexity index is 321. The second kappa shape index (κ2) is 4.37. The van der Waals surface area contributed by atoms with Crippen LogP contribution in [-0.2, 0) is 13.1 Å². The van der Waals surface area contributed by atoms with Gasteiger partial charge in [0.25, 0.3) is 0 Å². The highest BCUT2D eigenvalue weighted by Gasteiger charge is 2.33. The molecule has 2 rings (SSSR count). The smallest absolute Gasteiger partial charge is 0.118 e. The summed E-state index contributed by atoms with van der Waals surface area (Å²) in [7, 11) is 2.15. The van der Waals surface area contributed by atoms with E-state index in [1.807, 2.05) is 12.1 Å². The predicted molar refractivity (Wildman–Crippen MR) is 60.2 cm³/mol. The molecule has 15 heavy (non-hydrogen) atoms. The third-order valence-corrected chi connectivity index (χ3v) is 3.17. The topological polar surface area (TPSA) is 42.4 Å². The van der Waals surface area contributed by atoms with Gasteiger partial charge in [0.1, 0.15) is 11.5 Å². The summed E-state index contributed by atoms with van der Waals surface area (Å²) in [5, 5.41) is 0. The second-order valence-corrected chi connectivity index (χ2v) is 4.74.